The molecule has 0 unspecified atom stereocenters. The zero-order valence-electron chi connectivity index (χ0n) is 9.99. The van der Waals surface area contributed by atoms with Gasteiger partial charge in [-0.2, -0.15) is 0 Å². The van der Waals surface area contributed by atoms with E-state index in [1.54, 1.807) is 0 Å². The lowest BCUT2D eigenvalue weighted by atomic mass is 10.1. The fraction of sp³-hybridized carbons (Fsp3) is 0.667. The van der Waals surface area contributed by atoms with Gasteiger partial charge >= 0.3 is 0 Å². The smallest absolute Gasteiger partial charge is 0.143 e. The van der Waals surface area contributed by atoms with Gasteiger partial charge in [-0.15, -0.1) is 0 Å². The number of aromatic nitrogens is 2. The number of nitrogens with one attached hydrogen (secondary N) is 1. The maximum Gasteiger partial charge on any atom is 0.143 e. The molecule has 0 aromatic carbocycles. The molecule has 1 aromatic heterocycles. The largest absolute Gasteiger partial charge is 0.354 e. The highest BCUT2D eigenvalue weighted by Gasteiger charge is 2.34. The van der Waals surface area contributed by atoms with E-state index in [0.717, 1.165) is 37.6 Å². The number of hydrogen-bond donors (Lipinski definition) is 1. The average molecular weight is 236 g/mol. The zero-order chi connectivity index (χ0) is 11.8. The quantitative estimate of drug-likeness (QED) is 0.800. The molecule has 0 spiro atoms. The molecular formula is C12H17FN4. The lowest BCUT2D eigenvalue weighted by molar-refractivity contribution is 0.326. The van der Waals surface area contributed by atoms with Gasteiger partial charge in [-0.3, -0.25) is 0 Å². The van der Waals surface area contributed by atoms with Crippen LogP contribution in [0.25, 0.3) is 0 Å². The van der Waals surface area contributed by atoms with Crippen molar-refractivity contribution in [1.29, 1.82) is 0 Å². The van der Waals surface area contributed by atoms with E-state index in [1.165, 1.54) is 6.33 Å². The molecule has 1 fully saturated rings. The van der Waals surface area contributed by atoms with Crippen molar-refractivity contribution in [2.75, 3.05) is 31.1 Å². The second-order valence-electron chi connectivity index (χ2n) is 4.84. The van der Waals surface area contributed by atoms with E-state index in [4.69, 9.17) is 0 Å². The van der Waals surface area contributed by atoms with Gasteiger partial charge in [0.25, 0.3) is 0 Å². The van der Waals surface area contributed by atoms with Gasteiger partial charge in [0.05, 0.1) is 5.69 Å². The van der Waals surface area contributed by atoms with Crippen molar-refractivity contribution in [2.45, 2.75) is 25.4 Å². The summed E-state index contributed by atoms with van der Waals surface area (Å²) in [5.41, 5.74) is 1.64. The first-order valence-corrected chi connectivity index (χ1v) is 6.22. The SMILES string of the molecule is C[C@@H]1C[C@H](F)c2ncnc(N3CCNCC3)c21. The molecule has 92 valence electrons. The number of nitrogens with zero attached hydrogens (tertiary/aromatic N) is 3. The molecule has 1 aliphatic heterocycles. The lowest BCUT2D eigenvalue weighted by Crippen LogP contribution is -2.44. The Morgan fingerprint density at radius 3 is 2.88 bits per heavy atom. The van der Waals surface area contributed by atoms with E-state index in [0.29, 0.717) is 12.1 Å². The molecular weight excluding hydrogens is 219 g/mol. The standard InChI is InChI=1S/C12H17FN4/c1-8-6-9(13)11-10(8)12(16-7-15-11)17-4-2-14-3-5-17/h7-9,14H,2-6H2,1H3/t8-,9+/m1/s1. The predicted molar refractivity (Wildman–Crippen MR) is 64.0 cm³/mol. The van der Waals surface area contributed by atoms with E-state index in [9.17, 15) is 4.39 Å². The van der Waals surface area contributed by atoms with Crippen molar-refractivity contribution in [1.82, 2.24) is 15.3 Å². The van der Waals surface area contributed by atoms with Crippen LogP contribution in [-0.4, -0.2) is 36.1 Å². The fourth-order valence-electron chi connectivity index (χ4n) is 2.79. The number of rotatable bonds is 1. The minimum Gasteiger partial charge on any atom is -0.354 e. The van der Waals surface area contributed by atoms with Crippen LogP contribution in [0.3, 0.4) is 0 Å². The summed E-state index contributed by atoms with van der Waals surface area (Å²) in [6.07, 6.45) is 1.14. The lowest BCUT2D eigenvalue weighted by Gasteiger charge is -2.30. The van der Waals surface area contributed by atoms with Gasteiger partial charge < -0.3 is 10.2 Å². The summed E-state index contributed by atoms with van der Waals surface area (Å²) in [6.45, 7) is 5.87. The van der Waals surface area contributed by atoms with Crippen LogP contribution in [0.5, 0.6) is 0 Å². The van der Waals surface area contributed by atoms with Gasteiger partial charge in [-0.25, -0.2) is 14.4 Å². The summed E-state index contributed by atoms with van der Waals surface area (Å²) in [4.78, 5) is 10.7. The molecule has 2 aliphatic rings. The molecule has 0 bridgehead atoms. The molecule has 0 radical (unpaired) electrons. The van der Waals surface area contributed by atoms with Gasteiger partial charge in [0, 0.05) is 31.7 Å². The Labute approximate surface area is 100 Å². The first-order valence-electron chi connectivity index (χ1n) is 6.22. The predicted octanol–water partition coefficient (Wildman–Crippen LogP) is 1.40. The highest BCUT2D eigenvalue weighted by molar-refractivity contribution is 5.53. The Hall–Kier alpha value is -1.23. The van der Waals surface area contributed by atoms with Gasteiger partial charge in [0.1, 0.15) is 18.3 Å². The molecule has 3 rings (SSSR count). The summed E-state index contributed by atoms with van der Waals surface area (Å²) in [5.74, 6) is 1.18. The van der Waals surface area contributed by atoms with Gasteiger partial charge in [0.15, 0.2) is 0 Å². The van der Waals surface area contributed by atoms with Crippen LogP contribution in [0.2, 0.25) is 0 Å². The number of alkyl halides is 1. The van der Waals surface area contributed by atoms with Crippen LogP contribution in [0, 0.1) is 0 Å². The first kappa shape index (κ1) is 10.9. The van der Waals surface area contributed by atoms with Crippen LogP contribution >= 0.6 is 0 Å². The van der Waals surface area contributed by atoms with E-state index in [1.807, 2.05) is 0 Å². The minimum atomic E-state index is -0.912. The van der Waals surface area contributed by atoms with Crippen LogP contribution < -0.4 is 10.2 Å². The van der Waals surface area contributed by atoms with E-state index in [2.05, 4.69) is 27.1 Å². The highest BCUT2D eigenvalue weighted by atomic mass is 19.1. The molecule has 5 heteroatoms. The van der Waals surface area contributed by atoms with Crippen LogP contribution in [-0.2, 0) is 0 Å². The zero-order valence-corrected chi connectivity index (χ0v) is 9.99. The number of anilines is 1. The second kappa shape index (κ2) is 4.22. The van der Waals surface area contributed by atoms with Crippen LogP contribution in [0.1, 0.15) is 36.7 Å². The second-order valence-corrected chi connectivity index (χ2v) is 4.84. The Morgan fingerprint density at radius 2 is 2.12 bits per heavy atom. The van der Waals surface area contributed by atoms with Crippen molar-refractivity contribution in [2.24, 2.45) is 0 Å². The summed E-state index contributed by atoms with van der Waals surface area (Å²) in [6, 6.07) is 0. The molecule has 1 N–H and O–H groups in total. The molecule has 2 heterocycles. The van der Waals surface area contributed by atoms with Crippen LogP contribution in [0.4, 0.5) is 10.2 Å². The normalized spacial score (nSPS) is 28.2. The molecule has 1 aromatic rings. The van der Waals surface area contributed by atoms with Gasteiger partial charge in [0.2, 0.25) is 0 Å². The van der Waals surface area contributed by atoms with E-state index in [-0.39, 0.29) is 5.92 Å². The summed E-state index contributed by atoms with van der Waals surface area (Å²) >= 11 is 0. The number of piperazine rings is 1. The summed E-state index contributed by atoms with van der Waals surface area (Å²) in [7, 11) is 0. The summed E-state index contributed by atoms with van der Waals surface area (Å²) < 4.78 is 13.8. The monoisotopic (exact) mass is 236 g/mol. The first-order chi connectivity index (χ1) is 8.27. The van der Waals surface area contributed by atoms with Crippen molar-refractivity contribution in [3.63, 3.8) is 0 Å². The Kier molecular flexibility index (Phi) is 2.70. The van der Waals surface area contributed by atoms with Crippen molar-refractivity contribution in [3.05, 3.63) is 17.6 Å². The molecule has 1 aliphatic carbocycles. The van der Waals surface area contributed by atoms with Gasteiger partial charge in [-0.1, -0.05) is 6.92 Å². The van der Waals surface area contributed by atoms with Crippen molar-refractivity contribution >= 4 is 5.82 Å². The molecule has 4 nitrogen and oxygen atoms in total. The van der Waals surface area contributed by atoms with E-state index < -0.39 is 6.17 Å². The molecule has 0 saturated carbocycles. The van der Waals surface area contributed by atoms with Crippen molar-refractivity contribution < 1.29 is 4.39 Å². The number of hydrogen-bond acceptors (Lipinski definition) is 4. The highest BCUT2D eigenvalue weighted by Crippen LogP contribution is 2.44. The Balaban J connectivity index is 2.00. The molecule has 2 atom stereocenters. The topological polar surface area (TPSA) is 41.1 Å². The maximum atomic E-state index is 13.8. The average Bonchev–Trinajstić information content (AvgIpc) is 2.66. The molecule has 0 amide bonds. The fourth-order valence-corrected chi connectivity index (χ4v) is 2.79. The number of halogens is 1. The number of fused-ring (bicyclic) bond motifs is 1. The van der Waals surface area contributed by atoms with Gasteiger partial charge in [-0.05, 0) is 12.3 Å². The third-order valence-corrected chi connectivity index (χ3v) is 3.66. The van der Waals surface area contributed by atoms with E-state index >= 15 is 0 Å². The Morgan fingerprint density at radius 1 is 1.35 bits per heavy atom. The van der Waals surface area contributed by atoms with Crippen molar-refractivity contribution in [3.8, 4) is 0 Å². The third kappa shape index (κ3) is 1.78. The molecule has 17 heavy (non-hydrogen) atoms. The Bertz CT molecular complexity index is 417. The third-order valence-electron chi connectivity index (χ3n) is 3.66. The maximum absolute atomic E-state index is 13.8. The van der Waals surface area contributed by atoms with Crippen LogP contribution in [0.15, 0.2) is 6.33 Å². The minimum absolute atomic E-state index is 0.228. The summed E-state index contributed by atoms with van der Waals surface area (Å²) in [5, 5.41) is 3.31. The molecule has 1 saturated heterocycles.